The minimum absolute atomic E-state index is 0.0168. The molecule has 0 spiro atoms. The van der Waals surface area contributed by atoms with E-state index in [1.807, 2.05) is 0 Å². The summed E-state index contributed by atoms with van der Waals surface area (Å²) in [5.74, 6) is 0.412. The van der Waals surface area contributed by atoms with Crippen LogP contribution in [0, 0.1) is 0 Å². The number of hydrogen-bond donors (Lipinski definition) is 1. The van der Waals surface area contributed by atoms with Crippen molar-refractivity contribution in [3.8, 4) is 11.5 Å². The summed E-state index contributed by atoms with van der Waals surface area (Å²) in [5.41, 5.74) is 1.43. The van der Waals surface area contributed by atoms with E-state index in [2.05, 4.69) is 0 Å². The molecule has 106 valence electrons. The van der Waals surface area contributed by atoms with Crippen LogP contribution < -0.4 is 4.74 Å². The van der Waals surface area contributed by atoms with Gasteiger partial charge < -0.3 is 14.6 Å². The topological polar surface area (TPSA) is 38.7 Å². The Balaban J connectivity index is 2.23. The highest BCUT2D eigenvalue weighted by molar-refractivity contribution is 6.37. The lowest BCUT2D eigenvalue weighted by Crippen LogP contribution is -2.01. The molecule has 0 aliphatic heterocycles. The highest BCUT2D eigenvalue weighted by Gasteiger charge is 2.09. The number of ether oxygens (including phenoxy) is 2. The van der Waals surface area contributed by atoms with Gasteiger partial charge in [-0.05, 0) is 18.9 Å². The van der Waals surface area contributed by atoms with Crippen molar-refractivity contribution in [1.82, 2.24) is 0 Å². The van der Waals surface area contributed by atoms with Gasteiger partial charge in [0.2, 0.25) is 0 Å². The average Bonchev–Trinajstić information content (AvgIpc) is 2.35. The van der Waals surface area contributed by atoms with Gasteiger partial charge in [-0.15, -0.1) is 0 Å². The van der Waals surface area contributed by atoms with Crippen molar-refractivity contribution in [2.45, 2.75) is 12.8 Å². The predicted molar refractivity (Wildman–Crippen MR) is 78.7 cm³/mol. The zero-order valence-electron chi connectivity index (χ0n) is 10.2. The second-order valence-electron chi connectivity index (χ2n) is 3.73. The standard InChI is InChI=1S/C13H15Cl3O3/c14-4-3-6-18-5-1-2-7-19-13-11(15)8-10(17)9-12(13)16/h3-4,8-9,17H,1-2,5-7H2/b4-3+. The molecule has 1 N–H and O–H groups in total. The summed E-state index contributed by atoms with van der Waals surface area (Å²) in [6.45, 7) is 1.64. The molecule has 0 aliphatic rings. The molecular weight excluding hydrogens is 310 g/mol. The zero-order valence-corrected chi connectivity index (χ0v) is 12.5. The summed E-state index contributed by atoms with van der Waals surface area (Å²) in [6.07, 6.45) is 3.41. The first-order valence-electron chi connectivity index (χ1n) is 5.79. The molecule has 0 aromatic heterocycles. The maximum Gasteiger partial charge on any atom is 0.156 e. The Labute approximate surface area is 127 Å². The summed E-state index contributed by atoms with van der Waals surface area (Å²) in [5, 5.41) is 9.87. The van der Waals surface area contributed by atoms with Crippen LogP contribution in [0.2, 0.25) is 10.0 Å². The molecule has 0 saturated heterocycles. The lowest BCUT2D eigenvalue weighted by Gasteiger charge is -2.10. The number of benzene rings is 1. The molecule has 3 nitrogen and oxygen atoms in total. The maximum absolute atomic E-state index is 9.27. The number of phenols is 1. The Morgan fingerprint density at radius 1 is 1.11 bits per heavy atom. The fourth-order valence-corrected chi connectivity index (χ4v) is 2.01. The predicted octanol–water partition coefficient (Wildman–Crippen LogP) is 4.63. The third-order valence-corrected chi connectivity index (χ3v) is 2.96. The van der Waals surface area contributed by atoms with Gasteiger partial charge in [0.25, 0.3) is 0 Å². The SMILES string of the molecule is Oc1cc(Cl)c(OCCCCOC/C=C/Cl)c(Cl)c1. The fraction of sp³-hybridized carbons (Fsp3) is 0.385. The van der Waals surface area contributed by atoms with Crippen molar-refractivity contribution < 1.29 is 14.6 Å². The molecule has 0 bridgehead atoms. The minimum atomic E-state index is 0.0168. The highest BCUT2D eigenvalue weighted by atomic mass is 35.5. The van der Waals surface area contributed by atoms with Crippen molar-refractivity contribution in [3.63, 3.8) is 0 Å². The minimum Gasteiger partial charge on any atom is -0.508 e. The lowest BCUT2D eigenvalue weighted by molar-refractivity contribution is 0.152. The Kier molecular flexibility index (Phi) is 8.07. The molecule has 0 fully saturated rings. The van der Waals surface area contributed by atoms with E-state index in [1.165, 1.54) is 17.7 Å². The van der Waals surface area contributed by atoms with Gasteiger partial charge >= 0.3 is 0 Å². The first-order chi connectivity index (χ1) is 9.15. The molecular formula is C13H15Cl3O3. The van der Waals surface area contributed by atoms with Crippen LogP contribution in [0.3, 0.4) is 0 Å². The third kappa shape index (κ3) is 6.39. The van der Waals surface area contributed by atoms with Crippen LogP contribution in [-0.2, 0) is 4.74 Å². The third-order valence-electron chi connectivity index (χ3n) is 2.22. The summed E-state index contributed by atoms with van der Waals surface area (Å²) in [6, 6.07) is 2.79. The Bertz CT molecular complexity index is 399. The number of aromatic hydroxyl groups is 1. The van der Waals surface area contributed by atoms with Crippen molar-refractivity contribution in [3.05, 3.63) is 33.8 Å². The molecule has 19 heavy (non-hydrogen) atoms. The molecule has 1 aromatic rings. The largest absolute Gasteiger partial charge is 0.508 e. The molecule has 0 radical (unpaired) electrons. The van der Waals surface area contributed by atoms with Gasteiger partial charge in [0.05, 0.1) is 23.3 Å². The summed E-state index contributed by atoms with van der Waals surface area (Å²) in [7, 11) is 0. The van der Waals surface area contributed by atoms with E-state index in [0.29, 0.717) is 35.6 Å². The smallest absolute Gasteiger partial charge is 0.156 e. The molecule has 0 heterocycles. The zero-order chi connectivity index (χ0) is 14.1. The van der Waals surface area contributed by atoms with Crippen LogP contribution in [0.4, 0.5) is 0 Å². The van der Waals surface area contributed by atoms with E-state index >= 15 is 0 Å². The molecule has 0 aliphatic carbocycles. The average molecular weight is 326 g/mol. The Morgan fingerprint density at radius 3 is 2.37 bits per heavy atom. The number of unbranched alkanes of at least 4 members (excludes halogenated alkanes) is 1. The second-order valence-corrected chi connectivity index (χ2v) is 4.80. The van der Waals surface area contributed by atoms with Gasteiger partial charge in [-0.25, -0.2) is 0 Å². The van der Waals surface area contributed by atoms with Crippen molar-refractivity contribution in [1.29, 1.82) is 0 Å². The molecule has 0 amide bonds. The summed E-state index contributed by atoms with van der Waals surface area (Å²) >= 11 is 17.2. The van der Waals surface area contributed by atoms with E-state index in [-0.39, 0.29) is 5.75 Å². The summed E-state index contributed by atoms with van der Waals surface area (Å²) < 4.78 is 10.8. The van der Waals surface area contributed by atoms with Crippen LogP contribution in [0.1, 0.15) is 12.8 Å². The molecule has 1 aromatic carbocycles. The highest BCUT2D eigenvalue weighted by Crippen LogP contribution is 2.36. The maximum atomic E-state index is 9.27. The number of hydrogen-bond acceptors (Lipinski definition) is 3. The lowest BCUT2D eigenvalue weighted by atomic mass is 10.3. The van der Waals surface area contributed by atoms with Gasteiger partial charge in [0.1, 0.15) is 5.75 Å². The normalized spacial score (nSPS) is 11.1. The van der Waals surface area contributed by atoms with E-state index in [1.54, 1.807) is 6.08 Å². The Morgan fingerprint density at radius 2 is 1.74 bits per heavy atom. The van der Waals surface area contributed by atoms with Gasteiger partial charge in [0, 0.05) is 24.3 Å². The van der Waals surface area contributed by atoms with E-state index in [9.17, 15) is 5.11 Å². The van der Waals surface area contributed by atoms with Crippen LogP contribution in [0.25, 0.3) is 0 Å². The second kappa shape index (κ2) is 9.32. The van der Waals surface area contributed by atoms with Gasteiger partial charge in [-0.2, -0.15) is 0 Å². The van der Waals surface area contributed by atoms with Crippen molar-refractivity contribution in [2.75, 3.05) is 19.8 Å². The molecule has 0 unspecified atom stereocenters. The number of rotatable bonds is 8. The van der Waals surface area contributed by atoms with Gasteiger partial charge in [-0.3, -0.25) is 0 Å². The van der Waals surface area contributed by atoms with Crippen molar-refractivity contribution in [2.24, 2.45) is 0 Å². The van der Waals surface area contributed by atoms with Gasteiger partial charge in [0.15, 0.2) is 5.75 Å². The van der Waals surface area contributed by atoms with E-state index < -0.39 is 0 Å². The van der Waals surface area contributed by atoms with E-state index in [4.69, 9.17) is 44.3 Å². The van der Waals surface area contributed by atoms with E-state index in [0.717, 1.165) is 12.8 Å². The monoisotopic (exact) mass is 324 g/mol. The van der Waals surface area contributed by atoms with Gasteiger partial charge in [-0.1, -0.05) is 34.8 Å². The molecule has 6 heteroatoms. The van der Waals surface area contributed by atoms with Crippen LogP contribution in [0.15, 0.2) is 23.7 Å². The summed E-state index contributed by atoms with van der Waals surface area (Å²) in [4.78, 5) is 0. The first-order valence-corrected chi connectivity index (χ1v) is 6.98. The quantitative estimate of drug-likeness (QED) is 0.708. The van der Waals surface area contributed by atoms with Crippen molar-refractivity contribution >= 4 is 34.8 Å². The molecule has 0 atom stereocenters. The first kappa shape index (κ1) is 16.4. The van der Waals surface area contributed by atoms with Crippen LogP contribution >= 0.6 is 34.8 Å². The molecule has 0 saturated carbocycles. The van der Waals surface area contributed by atoms with Crippen LogP contribution in [-0.4, -0.2) is 24.9 Å². The fourth-order valence-electron chi connectivity index (χ4n) is 1.35. The number of halogens is 3. The van der Waals surface area contributed by atoms with Crippen LogP contribution in [0.5, 0.6) is 11.5 Å². The Hall–Kier alpha value is -0.610. The molecule has 1 rings (SSSR count). The number of phenolic OH excluding ortho intramolecular Hbond substituents is 1.